The number of morpholine rings is 1. The Hall–Kier alpha value is -0.730. The summed E-state index contributed by atoms with van der Waals surface area (Å²) in [5.41, 5.74) is 4.14. The Balaban J connectivity index is 1.94. The van der Waals surface area contributed by atoms with Crippen molar-refractivity contribution in [1.82, 2.24) is 0 Å². The van der Waals surface area contributed by atoms with Gasteiger partial charge in [0.25, 0.3) is 0 Å². The van der Waals surface area contributed by atoms with Crippen LogP contribution in [0.1, 0.15) is 17.5 Å². The van der Waals surface area contributed by atoms with Gasteiger partial charge in [-0.3, -0.25) is 0 Å². The number of halogens is 1. The Morgan fingerprint density at radius 2 is 1.75 bits per heavy atom. The SMILES string of the molecule is Clc1cc2c(cc1N1CCOCC1)CCC2. The molecular weight excluding hydrogens is 222 g/mol. The second kappa shape index (κ2) is 4.27. The van der Waals surface area contributed by atoms with Crippen molar-refractivity contribution in [2.75, 3.05) is 31.2 Å². The molecule has 1 fully saturated rings. The van der Waals surface area contributed by atoms with Gasteiger partial charge in [-0.05, 0) is 42.5 Å². The molecule has 1 saturated heterocycles. The van der Waals surface area contributed by atoms with Gasteiger partial charge in [0.15, 0.2) is 0 Å². The highest BCUT2D eigenvalue weighted by Crippen LogP contribution is 2.33. The summed E-state index contributed by atoms with van der Waals surface area (Å²) in [5, 5.41) is 0.905. The molecule has 0 spiro atoms. The Morgan fingerprint density at radius 3 is 2.50 bits per heavy atom. The topological polar surface area (TPSA) is 12.5 Å². The largest absolute Gasteiger partial charge is 0.378 e. The standard InChI is InChI=1S/C13H16ClNO/c14-12-8-10-2-1-3-11(10)9-13(12)15-4-6-16-7-5-15/h8-9H,1-7H2. The van der Waals surface area contributed by atoms with Crippen LogP contribution in [-0.2, 0) is 17.6 Å². The number of hydrogen-bond acceptors (Lipinski definition) is 2. The van der Waals surface area contributed by atoms with Crippen LogP contribution >= 0.6 is 11.6 Å². The second-order valence-electron chi connectivity index (χ2n) is 4.53. The lowest BCUT2D eigenvalue weighted by Gasteiger charge is -2.30. The molecule has 0 atom stereocenters. The third-order valence-corrected chi connectivity index (χ3v) is 3.82. The highest BCUT2D eigenvalue weighted by molar-refractivity contribution is 6.33. The van der Waals surface area contributed by atoms with Gasteiger partial charge in [0, 0.05) is 13.1 Å². The Bertz CT molecular complexity index is 399. The third-order valence-electron chi connectivity index (χ3n) is 3.51. The van der Waals surface area contributed by atoms with Gasteiger partial charge in [-0.1, -0.05) is 11.6 Å². The van der Waals surface area contributed by atoms with E-state index in [1.807, 2.05) is 0 Å². The summed E-state index contributed by atoms with van der Waals surface area (Å²) < 4.78 is 5.37. The van der Waals surface area contributed by atoms with E-state index >= 15 is 0 Å². The molecular formula is C13H16ClNO. The lowest BCUT2D eigenvalue weighted by Crippen LogP contribution is -2.36. The highest BCUT2D eigenvalue weighted by atomic mass is 35.5. The first-order valence-corrected chi connectivity index (χ1v) is 6.36. The van der Waals surface area contributed by atoms with Crippen LogP contribution in [0.3, 0.4) is 0 Å². The average Bonchev–Trinajstić information content (AvgIpc) is 2.76. The molecule has 1 aromatic rings. The minimum Gasteiger partial charge on any atom is -0.378 e. The fourth-order valence-corrected chi connectivity index (χ4v) is 2.93. The van der Waals surface area contributed by atoms with Crippen LogP contribution in [0.4, 0.5) is 5.69 Å². The predicted molar refractivity (Wildman–Crippen MR) is 66.5 cm³/mol. The summed E-state index contributed by atoms with van der Waals surface area (Å²) in [6.45, 7) is 3.54. The molecule has 2 aliphatic rings. The first-order chi connectivity index (χ1) is 7.84. The molecule has 1 aliphatic heterocycles. The van der Waals surface area contributed by atoms with E-state index in [-0.39, 0.29) is 0 Å². The van der Waals surface area contributed by atoms with Gasteiger partial charge < -0.3 is 9.64 Å². The fraction of sp³-hybridized carbons (Fsp3) is 0.538. The summed E-state index contributed by atoms with van der Waals surface area (Å²) >= 11 is 6.36. The van der Waals surface area contributed by atoms with Gasteiger partial charge in [-0.2, -0.15) is 0 Å². The van der Waals surface area contributed by atoms with E-state index < -0.39 is 0 Å². The zero-order valence-electron chi connectivity index (χ0n) is 9.34. The van der Waals surface area contributed by atoms with Crippen molar-refractivity contribution in [1.29, 1.82) is 0 Å². The molecule has 1 heterocycles. The van der Waals surface area contributed by atoms with E-state index in [1.165, 1.54) is 36.1 Å². The maximum Gasteiger partial charge on any atom is 0.0642 e. The number of fused-ring (bicyclic) bond motifs is 1. The van der Waals surface area contributed by atoms with Gasteiger partial charge in [-0.15, -0.1) is 0 Å². The summed E-state index contributed by atoms with van der Waals surface area (Å²) in [4.78, 5) is 2.34. The molecule has 16 heavy (non-hydrogen) atoms. The Morgan fingerprint density at radius 1 is 1.06 bits per heavy atom. The Kier molecular flexibility index (Phi) is 2.78. The second-order valence-corrected chi connectivity index (χ2v) is 4.93. The number of rotatable bonds is 1. The molecule has 1 aliphatic carbocycles. The lowest BCUT2D eigenvalue weighted by molar-refractivity contribution is 0.122. The zero-order chi connectivity index (χ0) is 11.0. The van der Waals surface area contributed by atoms with Gasteiger partial charge in [-0.25, -0.2) is 0 Å². The number of nitrogens with zero attached hydrogens (tertiary/aromatic N) is 1. The van der Waals surface area contributed by atoms with Crippen LogP contribution in [0.5, 0.6) is 0 Å². The molecule has 0 saturated carbocycles. The van der Waals surface area contributed by atoms with Crippen molar-refractivity contribution >= 4 is 17.3 Å². The van der Waals surface area contributed by atoms with Gasteiger partial charge in [0.1, 0.15) is 0 Å². The van der Waals surface area contributed by atoms with E-state index in [0.29, 0.717) is 0 Å². The van der Waals surface area contributed by atoms with Crippen LogP contribution < -0.4 is 4.90 Å². The van der Waals surface area contributed by atoms with Crippen LogP contribution in [-0.4, -0.2) is 26.3 Å². The quantitative estimate of drug-likeness (QED) is 0.745. The van der Waals surface area contributed by atoms with E-state index in [4.69, 9.17) is 16.3 Å². The minimum atomic E-state index is 0.813. The van der Waals surface area contributed by atoms with E-state index in [1.54, 1.807) is 0 Å². The molecule has 3 rings (SSSR count). The molecule has 3 heteroatoms. The molecule has 2 nitrogen and oxygen atoms in total. The number of benzene rings is 1. The molecule has 0 bridgehead atoms. The highest BCUT2D eigenvalue weighted by Gasteiger charge is 2.18. The van der Waals surface area contributed by atoms with Gasteiger partial charge in [0.2, 0.25) is 0 Å². The fourth-order valence-electron chi connectivity index (χ4n) is 2.63. The van der Waals surface area contributed by atoms with Crippen molar-refractivity contribution in [3.8, 4) is 0 Å². The van der Waals surface area contributed by atoms with Crippen LogP contribution in [0.25, 0.3) is 0 Å². The molecule has 0 aromatic heterocycles. The van der Waals surface area contributed by atoms with Crippen molar-refractivity contribution < 1.29 is 4.74 Å². The van der Waals surface area contributed by atoms with E-state index in [9.17, 15) is 0 Å². The molecule has 0 N–H and O–H groups in total. The van der Waals surface area contributed by atoms with Crippen molar-refractivity contribution in [3.63, 3.8) is 0 Å². The molecule has 0 unspecified atom stereocenters. The zero-order valence-corrected chi connectivity index (χ0v) is 10.1. The van der Waals surface area contributed by atoms with E-state index in [0.717, 1.165) is 31.3 Å². The molecule has 1 aromatic carbocycles. The number of aryl methyl sites for hydroxylation is 2. The summed E-state index contributed by atoms with van der Waals surface area (Å²) in [6, 6.07) is 4.45. The monoisotopic (exact) mass is 237 g/mol. The summed E-state index contributed by atoms with van der Waals surface area (Å²) in [6.07, 6.45) is 3.68. The number of anilines is 1. The molecule has 0 radical (unpaired) electrons. The normalized spacial score (nSPS) is 19.9. The first-order valence-electron chi connectivity index (χ1n) is 5.98. The maximum atomic E-state index is 6.36. The van der Waals surface area contributed by atoms with Crippen LogP contribution in [0, 0.1) is 0 Å². The number of ether oxygens (including phenoxy) is 1. The minimum absolute atomic E-state index is 0.813. The summed E-state index contributed by atoms with van der Waals surface area (Å²) in [5.74, 6) is 0. The van der Waals surface area contributed by atoms with Crippen molar-refractivity contribution in [2.45, 2.75) is 19.3 Å². The van der Waals surface area contributed by atoms with Crippen LogP contribution in [0.2, 0.25) is 5.02 Å². The van der Waals surface area contributed by atoms with E-state index in [2.05, 4.69) is 17.0 Å². The smallest absolute Gasteiger partial charge is 0.0642 e. The molecule has 0 amide bonds. The maximum absolute atomic E-state index is 6.36. The molecule has 86 valence electrons. The van der Waals surface area contributed by atoms with Gasteiger partial charge in [0.05, 0.1) is 23.9 Å². The predicted octanol–water partition coefficient (Wildman–Crippen LogP) is 2.67. The van der Waals surface area contributed by atoms with Gasteiger partial charge >= 0.3 is 0 Å². The van der Waals surface area contributed by atoms with Crippen LogP contribution in [0.15, 0.2) is 12.1 Å². The third kappa shape index (κ3) is 1.80. The average molecular weight is 238 g/mol. The lowest BCUT2D eigenvalue weighted by atomic mass is 10.1. The Labute approximate surface area is 101 Å². The first kappa shape index (κ1) is 10.4. The van der Waals surface area contributed by atoms with Crippen molar-refractivity contribution in [2.24, 2.45) is 0 Å². The summed E-state index contributed by atoms with van der Waals surface area (Å²) in [7, 11) is 0. The number of hydrogen-bond donors (Lipinski definition) is 0. The van der Waals surface area contributed by atoms with Crippen molar-refractivity contribution in [3.05, 3.63) is 28.3 Å².